The number of aryl methyl sites for hydroxylation is 1. The lowest BCUT2D eigenvalue weighted by Crippen LogP contribution is -2.00. The van der Waals surface area contributed by atoms with Gasteiger partial charge in [0.05, 0.1) is 11.5 Å². The molecular weight excluding hydrogens is 258 g/mol. The van der Waals surface area contributed by atoms with Crippen LogP contribution in [0.5, 0.6) is 0 Å². The van der Waals surface area contributed by atoms with E-state index in [-0.39, 0.29) is 6.04 Å². The molecule has 0 unspecified atom stereocenters. The standard InChI is InChI=1S/C15H15NO2S/c1-12-7-9-14(10-8-12)19(17)16-15(11-18-19)13-5-3-2-4-6-13/h2-10,15H,11H2,1H3/t15-,19-/m0/s1. The third-order valence-corrected chi connectivity index (χ3v) is 5.01. The minimum atomic E-state index is -2.72. The summed E-state index contributed by atoms with van der Waals surface area (Å²) in [5.74, 6) is 0. The van der Waals surface area contributed by atoms with Gasteiger partial charge in [-0.05, 0) is 24.6 Å². The van der Waals surface area contributed by atoms with Gasteiger partial charge in [-0.2, -0.15) is 4.36 Å². The Labute approximate surface area is 113 Å². The molecule has 0 N–H and O–H groups in total. The van der Waals surface area contributed by atoms with E-state index < -0.39 is 10.0 Å². The fraction of sp³-hybridized carbons (Fsp3) is 0.200. The average molecular weight is 273 g/mol. The molecule has 2 atom stereocenters. The second-order valence-corrected chi connectivity index (χ2v) is 6.47. The Bertz CT molecular complexity index is 686. The normalized spacial score (nSPS) is 26.1. The highest BCUT2D eigenvalue weighted by atomic mass is 32.2. The Morgan fingerprint density at radius 2 is 1.79 bits per heavy atom. The molecule has 2 aromatic carbocycles. The molecule has 1 aliphatic rings. The van der Waals surface area contributed by atoms with Gasteiger partial charge in [0.25, 0.3) is 0 Å². The summed E-state index contributed by atoms with van der Waals surface area (Å²) in [5, 5.41) is 0. The van der Waals surface area contributed by atoms with Gasteiger partial charge in [-0.1, -0.05) is 48.0 Å². The first kappa shape index (κ1) is 12.4. The van der Waals surface area contributed by atoms with Crippen LogP contribution in [0.25, 0.3) is 0 Å². The summed E-state index contributed by atoms with van der Waals surface area (Å²) in [4.78, 5) is 0.650. The first-order chi connectivity index (χ1) is 9.17. The zero-order valence-electron chi connectivity index (χ0n) is 10.7. The molecule has 1 aliphatic heterocycles. The van der Waals surface area contributed by atoms with Crippen molar-refractivity contribution in [3.63, 3.8) is 0 Å². The maximum absolute atomic E-state index is 12.7. The van der Waals surface area contributed by atoms with Gasteiger partial charge in [-0.25, -0.2) is 4.21 Å². The summed E-state index contributed by atoms with van der Waals surface area (Å²) in [6.07, 6.45) is 0. The van der Waals surface area contributed by atoms with Crippen molar-refractivity contribution < 1.29 is 8.39 Å². The smallest absolute Gasteiger partial charge is 0.194 e. The molecule has 1 heterocycles. The number of benzene rings is 2. The summed E-state index contributed by atoms with van der Waals surface area (Å²) in [7, 11) is -2.72. The van der Waals surface area contributed by atoms with Crippen LogP contribution in [0.4, 0.5) is 0 Å². The van der Waals surface area contributed by atoms with E-state index in [1.807, 2.05) is 61.5 Å². The fourth-order valence-corrected chi connectivity index (χ4v) is 3.69. The molecule has 0 saturated carbocycles. The minimum Gasteiger partial charge on any atom is -0.279 e. The predicted octanol–water partition coefficient (Wildman–Crippen LogP) is 3.51. The first-order valence-electron chi connectivity index (χ1n) is 6.20. The molecule has 4 heteroatoms. The van der Waals surface area contributed by atoms with Crippen LogP contribution >= 0.6 is 0 Å². The lowest BCUT2D eigenvalue weighted by atomic mass is 10.1. The molecule has 2 aromatic rings. The van der Waals surface area contributed by atoms with Gasteiger partial charge in [0.15, 0.2) is 10.0 Å². The van der Waals surface area contributed by atoms with Gasteiger partial charge < -0.3 is 0 Å². The van der Waals surface area contributed by atoms with Crippen LogP contribution in [-0.4, -0.2) is 10.8 Å². The van der Waals surface area contributed by atoms with Crippen molar-refractivity contribution in [2.24, 2.45) is 4.36 Å². The van der Waals surface area contributed by atoms with Crippen molar-refractivity contribution in [2.75, 3.05) is 6.61 Å². The van der Waals surface area contributed by atoms with Gasteiger partial charge in [0.2, 0.25) is 0 Å². The zero-order chi connectivity index (χ0) is 13.3. The largest absolute Gasteiger partial charge is 0.279 e. The maximum atomic E-state index is 12.7. The van der Waals surface area contributed by atoms with Crippen molar-refractivity contribution >= 4 is 10.0 Å². The number of hydrogen-bond acceptors (Lipinski definition) is 3. The van der Waals surface area contributed by atoms with Crippen molar-refractivity contribution in [2.45, 2.75) is 17.9 Å². The summed E-state index contributed by atoms with van der Waals surface area (Å²) >= 11 is 0. The molecule has 0 amide bonds. The van der Waals surface area contributed by atoms with Crippen LogP contribution in [-0.2, 0) is 14.2 Å². The highest BCUT2D eigenvalue weighted by Crippen LogP contribution is 2.31. The van der Waals surface area contributed by atoms with E-state index in [2.05, 4.69) is 4.36 Å². The monoisotopic (exact) mass is 273 g/mol. The Hall–Kier alpha value is -1.65. The minimum absolute atomic E-state index is 0.144. The third kappa shape index (κ3) is 2.41. The molecule has 0 fully saturated rings. The lowest BCUT2D eigenvalue weighted by Gasteiger charge is -2.03. The summed E-state index contributed by atoms with van der Waals surface area (Å²) in [6.45, 7) is 2.37. The van der Waals surface area contributed by atoms with Gasteiger partial charge in [0, 0.05) is 0 Å². The summed E-state index contributed by atoms with van der Waals surface area (Å²) in [5.41, 5.74) is 2.17. The van der Waals surface area contributed by atoms with Crippen molar-refractivity contribution in [3.05, 3.63) is 65.7 Å². The molecule has 19 heavy (non-hydrogen) atoms. The number of nitrogens with zero attached hydrogens (tertiary/aromatic N) is 1. The molecule has 3 rings (SSSR count). The Morgan fingerprint density at radius 3 is 2.47 bits per heavy atom. The molecule has 0 bridgehead atoms. The van der Waals surface area contributed by atoms with E-state index in [4.69, 9.17) is 4.18 Å². The highest BCUT2D eigenvalue weighted by Gasteiger charge is 2.26. The molecule has 3 nitrogen and oxygen atoms in total. The quantitative estimate of drug-likeness (QED) is 0.840. The van der Waals surface area contributed by atoms with E-state index in [0.717, 1.165) is 11.1 Å². The summed E-state index contributed by atoms with van der Waals surface area (Å²) in [6, 6.07) is 17.2. The van der Waals surface area contributed by atoms with Crippen LogP contribution in [0.2, 0.25) is 0 Å². The molecule has 0 radical (unpaired) electrons. The number of hydrogen-bond donors (Lipinski definition) is 0. The van der Waals surface area contributed by atoms with Gasteiger partial charge >= 0.3 is 0 Å². The van der Waals surface area contributed by atoms with E-state index in [1.165, 1.54) is 0 Å². The molecule has 0 saturated heterocycles. The SMILES string of the molecule is Cc1ccc([S@@]2(=O)=N[C@H](c3ccccc3)CO2)cc1. The molecule has 0 aliphatic carbocycles. The van der Waals surface area contributed by atoms with E-state index in [0.29, 0.717) is 11.5 Å². The zero-order valence-corrected chi connectivity index (χ0v) is 11.5. The van der Waals surface area contributed by atoms with Gasteiger partial charge in [0.1, 0.15) is 6.04 Å². The highest BCUT2D eigenvalue weighted by molar-refractivity contribution is 7.89. The van der Waals surface area contributed by atoms with Crippen LogP contribution in [0, 0.1) is 6.92 Å². The Balaban J connectivity index is 1.98. The third-order valence-electron chi connectivity index (χ3n) is 3.15. The predicted molar refractivity (Wildman–Crippen MR) is 75.2 cm³/mol. The van der Waals surface area contributed by atoms with E-state index >= 15 is 0 Å². The number of rotatable bonds is 2. The molecule has 0 spiro atoms. The van der Waals surface area contributed by atoms with Gasteiger partial charge in [-0.3, -0.25) is 4.18 Å². The molecular formula is C15H15NO2S. The lowest BCUT2D eigenvalue weighted by molar-refractivity contribution is 0.345. The second-order valence-electron chi connectivity index (χ2n) is 4.60. The van der Waals surface area contributed by atoms with Crippen LogP contribution in [0.3, 0.4) is 0 Å². The summed E-state index contributed by atoms with van der Waals surface area (Å²) < 4.78 is 22.6. The van der Waals surface area contributed by atoms with Crippen molar-refractivity contribution in [3.8, 4) is 0 Å². The average Bonchev–Trinajstić information content (AvgIpc) is 2.84. The van der Waals surface area contributed by atoms with Crippen LogP contribution in [0.15, 0.2) is 63.9 Å². The maximum Gasteiger partial charge on any atom is 0.194 e. The molecule has 98 valence electrons. The van der Waals surface area contributed by atoms with Crippen molar-refractivity contribution in [1.82, 2.24) is 0 Å². The fourth-order valence-electron chi connectivity index (χ4n) is 2.06. The van der Waals surface area contributed by atoms with E-state index in [1.54, 1.807) is 0 Å². The Kier molecular flexibility index (Phi) is 3.12. The topological polar surface area (TPSA) is 38.7 Å². The van der Waals surface area contributed by atoms with Crippen LogP contribution < -0.4 is 0 Å². The van der Waals surface area contributed by atoms with Crippen LogP contribution in [0.1, 0.15) is 17.2 Å². The first-order valence-corrected chi connectivity index (χ1v) is 7.64. The Morgan fingerprint density at radius 1 is 1.11 bits per heavy atom. The van der Waals surface area contributed by atoms with Crippen molar-refractivity contribution in [1.29, 1.82) is 0 Å². The molecule has 0 aromatic heterocycles. The second kappa shape index (κ2) is 4.79. The van der Waals surface area contributed by atoms with Gasteiger partial charge in [-0.15, -0.1) is 0 Å². The van der Waals surface area contributed by atoms with E-state index in [9.17, 15) is 4.21 Å².